The van der Waals surface area contributed by atoms with Crippen LogP contribution in [-0.2, 0) is 16.9 Å². The number of carbonyl (C=O) groups excluding carboxylic acids is 2. The Balaban J connectivity index is 1.40. The molecule has 4 rings (SSSR count). The van der Waals surface area contributed by atoms with Gasteiger partial charge in [0, 0.05) is 45.3 Å². The van der Waals surface area contributed by atoms with E-state index in [1.54, 1.807) is 47.2 Å². The summed E-state index contributed by atoms with van der Waals surface area (Å²) in [5.74, 6) is -0.184. The third kappa shape index (κ3) is 4.31. The van der Waals surface area contributed by atoms with Gasteiger partial charge in [0.15, 0.2) is 5.69 Å². The summed E-state index contributed by atoms with van der Waals surface area (Å²) in [6.45, 7) is 1.57. The third-order valence-corrected chi connectivity index (χ3v) is 6.42. The van der Waals surface area contributed by atoms with Crippen molar-refractivity contribution in [2.75, 3.05) is 25.9 Å². The molecule has 0 spiro atoms. The maximum atomic E-state index is 13.1. The average Bonchev–Trinajstić information content (AvgIpc) is 3.36. The van der Waals surface area contributed by atoms with E-state index in [2.05, 4.69) is 15.4 Å². The summed E-state index contributed by atoms with van der Waals surface area (Å²) >= 11 is 0. The molecule has 0 saturated carbocycles. The Kier molecular flexibility index (Phi) is 5.52. The van der Waals surface area contributed by atoms with Crippen LogP contribution in [0.4, 0.5) is 0 Å². The van der Waals surface area contributed by atoms with E-state index < -0.39 is 9.84 Å². The molecule has 31 heavy (non-hydrogen) atoms. The summed E-state index contributed by atoms with van der Waals surface area (Å²) in [7, 11) is -1.83. The van der Waals surface area contributed by atoms with E-state index in [4.69, 9.17) is 0 Å². The fourth-order valence-corrected chi connectivity index (χ4v) is 4.57. The Labute approximate surface area is 179 Å². The summed E-state index contributed by atoms with van der Waals surface area (Å²) in [4.78, 5) is 31.1. The SMILES string of the molecule is Cn1cc(C(=O)NCC2CCN(C(=O)c3nc(S(C)(=O)=O)n4ccccc34)CC2)cn1. The van der Waals surface area contributed by atoms with Crippen molar-refractivity contribution >= 4 is 27.2 Å². The smallest absolute Gasteiger partial charge is 0.274 e. The van der Waals surface area contributed by atoms with Gasteiger partial charge in [-0.2, -0.15) is 5.10 Å². The van der Waals surface area contributed by atoms with E-state index in [-0.39, 0.29) is 28.6 Å². The Morgan fingerprint density at radius 3 is 2.61 bits per heavy atom. The Hall–Kier alpha value is -3.21. The maximum absolute atomic E-state index is 13.1. The van der Waals surface area contributed by atoms with Gasteiger partial charge in [-0.15, -0.1) is 0 Å². The number of rotatable bonds is 5. The van der Waals surface area contributed by atoms with Gasteiger partial charge in [0.1, 0.15) is 0 Å². The first-order valence-electron chi connectivity index (χ1n) is 9.97. The molecule has 0 radical (unpaired) electrons. The number of hydrogen-bond donors (Lipinski definition) is 1. The molecule has 10 nitrogen and oxygen atoms in total. The number of piperidine rings is 1. The number of imidazole rings is 1. The molecule has 0 unspecified atom stereocenters. The van der Waals surface area contributed by atoms with Crippen molar-refractivity contribution in [3.63, 3.8) is 0 Å². The number of nitrogens with one attached hydrogen (secondary N) is 1. The molecule has 1 aliphatic rings. The summed E-state index contributed by atoms with van der Waals surface area (Å²) in [5.41, 5.74) is 1.13. The number of sulfone groups is 1. The van der Waals surface area contributed by atoms with Crippen molar-refractivity contribution in [1.29, 1.82) is 0 Å². The van der Waals surface area contributed by atoms with Gasteiger partial charge in [-0.3, -0.25) is 18.7 Å². The first-order valence-corrected chi connectivity index (χ1v) is 11.9. The molecule has 3 aromatic rings. The van der Waals surface area contributed by atoms with Gasteiger partial charge in [0.05, 0.1) is 17.3 Å². The number of aryl methyl sites for hydroxylation is 1. The predicted molar refractivity (Wildman–Crippen MR) is 112 cm³/mol. The van der Waals surface area contributed by atoms with E-state index in [1.165, 1.54) is 10.6 Å². The minimum absolute atomic E-state index is 0.139. The van der Waals surface area contributed by atoms with Crippen LogP contribution in [0.2, 0.25) is 0 Å². The standard InChI is InChI=1S/C20H24N6O4S/c1-24-13-15(12-22-24)18(27)21-11-14-6-9-25(10-7-14)19(28)17-16-5-3-4-8-26(16)20(23-17)31(2,29)30/h3-5,8,12-14H,6-7,9-11H2,1-2H3,(H,21,27). The molecule has 0 atom stereocenters. The average molecular weight is 445 g/mol. The van der Waals surface area contributed by atoms with Gasteiger partial charge < -0.3 is 10.2 Å². The van der Waals surface area contributed by atoms with Crippen molar-refractivity contribution in [2.45, 2.75) is 18.0 Å². The van der Waals surface area contributed by atoms with Gasteiger partial charge in [-0.1, -0.05) is 6.07 Å². The molecular formula is C20H24N6O4S. The molecule has 2 amide bonds. The summed E-state index contributed by atoms with van der Waals surface area (Å²) in [6.07, 6.45) is 7.33. The third-order valence-electron chi connectivity index (χ3n) is 5.47. The maximum Gasteiger partial charge on any atom is 0.274 e. The van der Waals surface area contributed by atoms with Crippen molar-refractivity contribution in [1.82, 2.24) is 29.4 Å². The molecule has 11 heteroatoms. The van der Waals surface area contributed by atoms with Gasteiger partial charge in [-0.05, 0) is 30.9 Å². The normalized spacial score (nSPS) is 15.4. The number of amides is 2. The number of nitrogens with zero attached hydrogens (tertiary/aromatic N) is 5. The van der Waals surface area contributed by atoms with Crippen LogP contribution in [-0.4, -0.2) is 70.2 Å². The van der Waals surface area contributed by atoms with Crippen LogP contribution in [0.25, 0.3) is 5.52 Å². The molecule has 1 N–H and O–H groups in total. The molecule has 0 aliphatic carbocycles. The summed E-state index contributed by atoms with van der Waals surface area (Å²) in [5, 5.41) is 6.78. The second-order valence-corrected chi connectivity index (χ2v) is 9.73. The van der Waals surface area contributed by atoms with E-state index in [9.17, 15) is 18.0 Å². The van der Waals surface area contributed by atoms with Crippen molar-refractivity contribution in [3.05, 3.63) is 48.0 Å². The van der Waals surface area contributed by atoms with Crippen LogP contribution in [0.15, 0.2) is 41.9 Å². The fraction of sp³-hybridized carbons (Fsp3) is 0.400. The zero-order valence-corrected chi connectivity index (χ0v) is 18.2. The lowest BCUT2D eigenvalue weighted by Crippen LogP contribution is -2.41. The Morgan fingerprint density at radius 2 is 1.97 bits per heavy atom. The van der Waals surface area contributed by atoms with E-state index in [0.29, 0.717) is 30.7 Å². The highest BCUT2D eigenvalue weighted by Crippen LogP contribution is 2.22. The summed E-state index contributed by atoms with van der Waals surface area (Å²) < 4.78 is 27.2. The zero-order chi connectivity index (χ0) is 22.2. The molecule has 1 aliphatic heterocycles. The number of fused-ring (bicyclic) bond motifs is 1. The lowest BCUT2D eigenvalue weighted by Gasteiger charge is -2.31. The van der Waals surface area contributed by atoms with E-state index >= 15 is 0 Å². The number of likely N-dealkylation sites (tertiary alicyclic amines) is 1. The van der Waals surface area contributed by atoms with Gasteiger partial charge in [0.2, 0.25) is 15.0 Å². The highest BCUT2D eigenvalue weighted by molar-refractivity contribution is 7.90. The van der Waals surface area contributed by atoms with Gasteiger partial charge >= 0.3 is 0 Å². The number of carbonyl (C=O) groups is 2. The summed E-state index contributed by atoms with van der Waals surface area (Å²) in [6, 6.07) is 5.13. The van der Waals surface area contributed by atoms with Crippen molar-refractivity contribution in [2.24, 2.45) is 13.0 Å². The minimum atomic E-state index is -3.58. The first kappa shape index (κ1) is 21.0. The fourth-order valence-electron chi connectivity index (χ4n) is 3.80. The minimum Gasteiger partial charge on any atom is -0.352 e. The highest BCUT2D eigenvalue weighted by Gasteiger charge is 2.29. The molecule has 164 valence electrons. The largest absolute Gasteiger partial charge is 0.352 e. The number of aromatic nitrogens is 4. The van der Waals surface area contributed by atoms with Gasteiger partial charge in [-0.25, -0.2) is 13.4 Å². The quantitative estimate of drug-likeness (QED) is 0.620. The van der Waals surface area contributed by atoms with Crippen LogP contribution >= 0.6 is 0 Å². The number of pyridine rings is 1. The monoisotopic (exact) mass is 444 g/mol. The lowest BCUT2D eigenvalue weighted by molar-refractivity contribution is 0.0680. The van der Waals surface area contributed by atoms with E-state index in [1.807, 2.05) is 0 Å². The lowest BCUT2D eigenvalue weighted by atomic mass is 9.96. The molecular weight excluding hydrogens is 420 g/mol. The second kappa shape index (κ2) is 8.14. The molecule has 0 bridgehead atoms. The van der Waals surface area contributed by atoms with Crippen molar-refractivity contribution < 1.29 is 18.0 Å². The van der Waals surface area contributed by atoms with Crippen molar-refractivity contribution in [3.8, 4) is 0 Å². The van der Waals surface area contributed by atoms with Crippen LogP contribution < -0.4 is 5.32 Å². The molecule has 4 heterocycles. The second-order valence-electron chi connectivity index (χ2n) is 7.82. The van der Waals surface area contributed by atoms with Crippen LogP contribution in [0.3, 0.4) is 0 Å². The first-order chi connectivity index (χ1) is 14.7. The highest BCUT2D eigenvalue weighted by atomic mass is 32.2. The molecule has 1 saturated heterocycles. The van der Waals surface area contributed by atoms with Gasteiger partial charge in [0.25, 0.3) is 11.8 Å². The molecule has 0 aromatic carbocycles. The topological polar surface area (TPSA) is 119 Å². The van der Waals surface area contributed by atoms with E-state index in [0.717, 1.165) is 19.1 Å². The van der Waals surface area contributed by atoms with Crippen LogP contribution in [0.5, 0.6) is 0 Å². The Morgan fingerprint density at radius 1 is 1.23 bits per heavy atom. The predicted octanol–water partition coefficient (Wildman–Crippen LogP) is 0.754. The van der Waals surface area contributed by atoms with Crippen LogP contribution in [0, 0.1) is 5.92 Å². The zero-order valence-electron chi connectivity index (χ0n) is 17.4. The molecule has 3 aromatic heterocycles. The molecule has 1 fully saturated rings. The van der Waals surface area contributed by atoms with Crippen LogP contribution in [0.1, 0.15) is 33.7 Å². The number of hydrogen-bond acceptors (Lipinski definition) is 6. The Bertz CT molecular complexity index is 1240.